The summed E-state index contributed by atoms with van der Waals surface area (Å²) in [6.45, 7) is 3.70. The van der Waals surface area contributed by atoms with Crippen molar-refractivity contribution in [2.75, 3.05) is 19.7 Å². The van der Waals surface area contributed by atoms with Crippen molar-refractivity contribution < 1.29 is 9.53 Å². The van der Waals surface area contributed by atoms with Gasteiger partial charge in [0, 0.05) is 36.5 Å². The van der Waals surface area contributed by atoms with Crippen LogP contribution in [0.15, 0.2) is 42.1 Å². The van der Waals surface area contributed by atoms with Crippen LogP contribution in [0.1, 0.15) is 29.4 Å². The Morgan fingerprint density at radius 2 is 2.17 bits per heavy atom. The number of hydrogen-bond donors (Lipinski definition) is 0. The predicted octanol–water partition coefficient (Wildman–Crippen LogP) is 2.58. The Morgan fingerprint density at radius 1 is 1.29 bits per heavy atom. The number of fused-ring (bicyclic) bond motifs is 1. The molecule has 4 rings (SSSR count). The molecular formula is C19H19N3O2. The minimum absolute atomic E-state index is 0.0552. The van der Waals surface area contributed by atoms with Crippen molar-refractivity contribution >= 4 is 12.0 Å². The molecule has 1 aromatic carbocycles. The lowest BCUT2D eigenvalue weighted by molar-refractivity contribution is -0.126. The molecule has 0 spiro atoms. The molecule has 0 unspecified atom stereocenters. The lowest BCUT2D eigenvalue weighted by Gasteiger charge is -2.22. The van der Waals surface area contributed by atoms with E-state index in [1.165, 1.54) is 0 Å². The molecule has 0 saturated carbocycles. The molecule has 0 bridgehead atoms. The molecular weight excluding hydrogens is 302 g/mol. The average Bonchev–Trinajstić information content (AvgIpc) is 3.11. The van der Waals surface area contributed by atoms with Crippen LogP contribution in [0.4, 0.5) is 0 Å². The van der Waals surface area contributed by atoms with Crippen LogP contribution >= 0.6 is 0 Å². The number of amides is 1. The molecule has 1 amide bonds. The molecule has 122 valence electrons. The zero-order valence-corrected chi connectivity index (χ0v) is 13.6. The zero-order chi connectivity index (χ0) is 16.5. The fourth-order valence-electron chi connectivity index (χ4n) is 3.26. The summed E-state index contributed by atoms with van der Waals surface area (Å²) in [4.78, 5) is 23.6. The van der Waals surface area contributed by atoms with Gasteiger partial charge in [0.05, 0.1) is 5.57 Å². The normalized spacial score (nSPS) is 19.5. The Bertz CT molecular complexity index is 816. The van der Waals surface area contributed by atoms with Gasteiger partial charge in [0.2, 0.25) is 0 Å². The highest BCUT2D eigenvalue weighted by Crippen LogP contribution is 2.29. The Hall–Kier alpha value is -2.69. The van der Waals surface area contributed by atoms with E-state index in [-0.39, 0.29) is 11.8 Å². The first kappa shape index (κ1) is 14.9. The second kappa shape index (κ2) is 6.07. The highest BCUT2D eigenvalue weighted by molar-refractivity contribution is 5.99. The Kier molecular flexibility index (Phi) is 3.76. The number of hydrogen-bond acceptors (Lipinski definition) is 4. The maximum absolute atomic E-state index is 12.8. The highest BCUT2D eigenvalue weighted by Gasteiger charge is 2.31. The quantitative estimate of drug-likeness (QED) is 0.853. The van der Waals surface area contributed by atoms with Gasteiger partial charge in [0.1, 0.15) is 18.2 Å². The van der Waals surface area contributed by atoms with Crippen LogP contribution in [0.25, 0.3) is 6.08 Å². The van der Waals surface area contributed by atoms with Gasteiger partial charge in [0.25, 0.3) is 5.91 Å². The Balaban J connectivity index is 1.50. The summed E-state index contributed by atoms with van der Waals surface area (Å²) in [5, 5.41) is 0. The maximum atomic E-state index is 12.8. The molecule has 5 nitrogen and oxygen atoms in total. The summed E-state index contributed by atoms with van der Waals surface area (Å²) in [5.41, 5.74) is 2.63. The number of para-hydroxylation sites is 1. The average molecular weight is 321 g/mol. The smallest absolute Gasteiger partial charge is 0.253 e. The van der Waals surface area contributed by atoms with Gasteiger partial charge in [-0.2, -0.15) is 0 Å². The Labute approximate surface area is 141 Å². The molecule has 24 heavy (non-hydrogen) atoms. The molecule has 5 heteroatoms. The van der Waals surface area contributed by atoms with E-state index in [2.05, 4.69) is 9.97 Å². The van der Waals surface area contributed by atoms with Crippen molar-refractivity contribution in [1.29, 1.82) is 0 Å². The minimum Gasteiger partial charge on any atom is -0.488 e. The van der Waals surface area contributed by atoms with E-state index in [9.17, 15) is 4.79 Å². The third-order valence-electron chi connectivity index (χ3n) is 4.56. The van der Waals surface area contributed by atoms with E-state index in [1.807, 2.05) is 48.2 Å². The number of carbonyl (C=O) groups excluding carboxylic acids is 1. The predicted molar refractivity (Wildman–Crippen MR) is 90.6 cm³/mol. The Morgan fingerprint density at radius 3 is 3.04 bits per heavy atom. The van der Waals surface area contributed by atoms with Crippen molar-refractivity contribution in [2.24, 2.45) is 0 Å². The summed E-state index contributed by atoms with van der Waals surface area (Å²) in [6.07, 6.45) is 4.63. The zero-order valence-electron chi connectivity index (χ0n) is 13.6. The highest BCUT2D eigenvalue weighted by atomic mass is 16.5. The van der Waals surface area contributed by atoms with Crippen LogP contribution in [0.5, 0.6) is 5.75 Å². The lowest BCUT2D eigenvalue weighted by atomic mass is 10.1. The van der Waals surface area contributed by atoms with Crippen LogP contribution in [0, 0.1) is 6.92 Å². The first-order valence-corrected chi connectivity index (χ1v) is 8.22. The van der Waals surface area contributed by atoms with Gasteiger partial charge < -0.3 is 9.64 Å². The number of aryl methyl sites for hydroxylation is 1. The first-order chi connectivity index (χ1) is 11.7. The maximum Gasteiger partial charge on any atom is 0.253 e. The molecule has 0 N–H and O–H groups in total. The van der Waals surface area contributed by atoms with Crippen LogP contribution in [0.2, 0.25) is 0 Å². The molecule has 0 radical (unpaired) electrons. The number of likely N-dealkylation sites (tertiary alicyclic amines) is 1. The van der Waals surface area contributed by atoms with Crippen molar-refractivity contribution in [3.8, 4) is 5.75 Å². The molecule has 2 aliphatic heterocycles. The molecule has 1 saturated heterocycles. The summed E-state index contributed by atoms with van der Waals surface area (Å²) >= 11 is 0. The molecule has 2 aromatic rings. The van der Waals surface area contributed by atoms with Crippen LogP contribution in [0.3, 0.4) is 0 Å². The monoisotopic (exact) mass is 321 g/mol. The molecule has 2 aliphatic rings. The molecule has 3 heterocycles. The minimum atomic E-state index is 0.0552. The van der Waals surface area contributed by atoms with Crippen molar-refractivity contribution in [1.82, 2.24) is 14.9 Å². The number of rotatable bonds is 2. The van der Waals surface area contributed by atoms with E-state index in [0.717, 1.165) is 35.8 Å². The number of benzene rings is 1. The van der Waals surface area contributed by atoms with Crippen molar-refractivity contribution in [2.45, 2.75) is 19.3 Å². The van der Waals surface area contributed by atoms with Gasteiger partial charge in [-0.05, 0) is 31.6 Å². The van der Waals surface area contributed by atoms with E-state index in [0.29, 0.717) is 18.7 Å². The second-order valence-electron chi connectivity index (χ2n) is 6.29. The summed E-state index contributed by atoms with van der Waals surface area (Å²) in [7, 11) is 0. The van der Waals surface area contributed by atoms with E-state index in [1.54, 1.807) is 6.20 Å². The van der Waals surface area contributed by atoms with E-state index >= 15 is 0 Å². The van der Waals surface area contributed by atoms with Crippen LogP contribution in [-0.2, 0) is 4.79 Å². The largest absolute Gasteiger partial charge is 0.488 e. The SMILES string of the molecule is Cc1ccnc([C@H]2CCN(C(=O)C3=Cc4ccccc4OC3)C2)n1. The van der Waals surface area contributed by atoms with E-state index < -0.39 is 0 Å². The number of aromatic nitrogens is 2. The van der Waals surface area contributed by atoms with Gasteiger partial charge in [-0.25, -0.2) is 9.97 Å². The number of nitrogens with zero attached hydrogens (tertiary/aromatic N) is 3. The lowest BCUT2D eigenvalue weighted by Crippen LogP contribution is -2.32. The molecule has 1 atom stereocenters. The van der Waals surface area contributed by atoms with Crippen LogP contribution < -0.4 is 4.74 Å². The standard InChI is InChI=1S/C19H19N3O2/c1-13-6-8-20-18(21-13)15-7-9-22(11-15)19(23)16-10-14-4-2-3-5-17(14)24-12-16/h2-6,8,10,15H,7,9,11-12H2,1H3/t15-/m0/s1. The van der Waals surface area contributed by atoms with Gasteiger partial charge in [-0.3, -0.25) is 4.79 Å². The fourth-order valence-corrected chi connectivity index (χ4v) is 3.26. The summed E-state index contributed by atoms with van der Waals surface area (Å²) in [5.74, 6) is 1.94. The number of ether oxygens (including phenoxy) is 1. The molecule has 1 fully saturated rings. The summed E-state index contributed by atoms with van der Waals surface area (Å²) in [6, 6.07) is 9.67. The number of carbonyl (C=O) groups is 1. The molecule has 1 aromatic heterocycles. The fraction of sp³-hybridized carbons (Fsp3) is 0.316. The van der Waals surface area contributed by atoms with Gasteiger partial charge >= 0.3 is 0 Å². The topological polar surface area (TPSA) is 55.3 Å². The van der Waals surface area contributed by atoms with Crippen LogP contribution in [-0.4, -0.2) is 40.5 Å². The third kappa shape index (κ3) is 2.77. The van der Waals surface area contributed by atoms with Crippen molar-refractivity contribution in [3.05, 3.63) is 59.2 Å². The van der Waals surface area contributed by atoms with Gasteiger partial charge in [-0.15, -0.1) is 0 Å². The first-order valence-electron chi connectivity index (χ1n) is 8.22. The van der Waals surface area contributed by atoms with Gasteiger partial charge in [-0.1, -0.05) is 18.2 Å². The van der Waals surface area contributed by atoms with E-state index in [4.69, 9.17) is 4.74 Å². The second-order valence-corrected chi connectivity index (χ2v) is 6.29. The summed E-state index contributed by atoms with van der Waals surface area (Å²) < 4.78 is 5.70. The van der Waals surface area contributed by atoms with Gasteiger partial charge in [0.15, 0.2) is 0 Å². The third-order valence-corrected chi connectivity index (χ3v) is 4.56. The molecule has 0 aliphatic carbocycles. The van der Waals surface area contributed by atoms with Crippen molar-refractivity contribution in [3.63, 3.8) is 0 Å².